The minimum Gasteiger partial charge on any atom is -0.465 e. The first-order valence-corrected chi connectivity index (χ1v) is 12.8. The molecule has 2 saturated heterocycles. The van der Waals surface area contributed by atoms with Gasteiger partial charge in [0.1, 0.15) is 11.5 Å². The molecule has 2 aromatic carbocycles. The highest BCUT2D eigenvalue weighted by Crippen LogP contribution is 2.33. The monoisotopic (exact) mass is 489 g/mol. The Labute approximate surface area is 198 Å². The number of esters is 1. The zero-order valence-corrected chi connectivity index (χ0v) is 19.8. The number of nitrogens with one attached hydrogen (secondary N) is 1. The van der Waals surface area contributed by atoms with Crippen LogP contribution < -0.4 is 10.2 Å². The number of amides is 1. The van der Waals surface area contributed by atoms with Crippen molar-refractivity contribution in [1.82, 2.24) is 4.31 Å². The molecule has 2 aliphatic heterocycles. The highest BCUT2D eigenvalue weighted by atomic mass is 32.2. The lowest BCUT2D eigenvalue weighted by Gasteiger charge is -2.31. The van der Waals surface area contributed by atoms with Gasteiger partial charge in [-0.2, -0.15) is 4.31 Å². The van der Waals surface area contributed by atoms with Crippen LogP contribution in [0, 0.1) is 11.7 Å². The van der Waals surface area contributed by atoms with Crippen LogP contribution in [0.5, 0.6) is 0 Å². The molecule has 0 aromatic heterocycles. The number of benzene rings is 2. The van der Waals surface area contributed by atoms with Crippen LogP contribution in [-0.4, -0.2) is 57.9 Å². The number of piperidine rings is 1. The van der Waals surface area contributed by atoms with Gasteiger partial charge in [0.15, 0.2) is 0 Å². The van der Waals surface area contributed by atoms with Crippen LogP contribution in [0.25, 0.3) is 0 Å². The predicted molar refractivity (Wildman–Crippen MR) is 126 cm³/mol. The van der Waals surface area contributed by atoms with E-state index in [1.54, 1.807) is 24.3 Å². The fourth-order valence-electron chi connectivity index (χ4n) is 4.55. The summed E-state index contributed by atoms with van der Waals surface area (Å²) in [6.07, 6.45) is 2.63. The first-order chi connectivity index (χ1) is 16.3. The smallest absolute Gasteiger partial charge is 0.339 e. The zero-order valence-electron chi connectivity index (χ0n) is 19.0. The molecule has 10 heteroatoms. The van der Waals surface area contributed by atoms with Crippen molar-refractivity contribution >= 4 is 33.3 Å². The number of ether oxygens (including phenoxy) is 1. The van der Waals surface area contributed by atoms with E-state index in [4.69, 9.17) is 4.74 Å². The topological polar surface area (TPSA) is 96.0 Å². The van der Waals surface area contributed by atoms with Crippen molar-refractivity contribution in [2.24, 2.45) is 5.92 Å². The van der Waals surface area contributed by atoms with Crippen molar-refractivity contribution < 1.29 is 27.1 Å². The van der Waals surface area contributed by atoms with Gasteiger partial charge in [0, 0.05) is 32.1 Å². The minimum atomic E-state index is -3.95. The molecule has 0 spiro atoms. The number of rotatable bonds is 6. The predicted octanol–water partition coefficient (Wildman–Crippen LogP) is 3.25. The molecule has 0 aliphatic carbocycles. The maximum absolute atomic E-state index is 14.6. The number of sulfonamides is 1. The van der Waals surface area contributed by atoms with E-state index in [0.29, 0.717) is 18.5 Å². The van der Waals surface area contributed by atoms with Crippen molar-refractivity contribution in [1.29, 1.82) is 0 Å². The van der Waals surface area contributed by atoms with Crippen LogP contribution in [0.2, 0.25) is 0 Å². The third kappa shape index (κ3) is 4.78. The van der Waals surface area contributed by atoms with Crippen molar-refractivity contribution in [2.45, 2.75) is 30.6 Å². The maximum atomic E-state index is 14.6. The summed E-state index contributed by atoms with van der Waals surface area (Å²) in [4.78, 5) is 26.9. The molecule has 1 N–H and O–H groups in total. The van der Waals surface area contributed by atoms with E-state index in [0.717, 1.165) is 25.9 Å². The summed E-state index contributed by atoms with van der Waals surface area (Å²) < 4.78 is 47.0. The van der Waals surface area contributed by atoms with E-state index in [-0.39, 0.29) is 35.1 Å². The Kier molecular flexibility index (Phi) is 7.18. The Morgan fingerprint density at radius 3 is 2.35 bits per heavy atom. The van der Waals surface area contributed by atoms with Crippen LogP contribution in [0.3, 0.4) is 0 Å². The molecule has 0 saturated carbocycles. The number of anilines is 2. The molecule has 2 aromatic rings. The number of hydrogen-bond acceptors (Lipinski definition) is 6. The van der Waals surface area contributed by atoms with E-state index in [2.05, 4.69) is 10.2 Å². The average molecular weight is 490 g/mol. The summed E-state index contributed by atoms with van der Waals surface area (Å²) >= 11 is 0. The lowest BCUT2D eigenvalue weighted by atomic mass is 9.97. The second-order valence-corrected chi connectivity index (χ2v) is 10.4. The first kappa shape index (κ1) is 24.2. The van der Waals surface area contributed by atoms with Crippen LogP contribution in [0.4, 0.5) is 15.8 Å². The molecule has 0 atom stereocenters. The van der Waals surface area contributed by atoms with E-state index in [1.807, 2.05) is 0 Å². The number of carbonyl (C=O) groups is 2. The molecular formula is C24H28FN3O5S. The number of halogens is 1. The van der Waals surface area contributed by atoms with Crippen LogP contribution in [0.15, 0.2) is 47.4 Å². The third-order valence-corrected chi connectivity index (χ3v) is 8.38. The lowest BCUT2D eigenvalue weighted by molar-refractivity contribution is -0.120. The summed E-state index contributed by atoms with van der Waals surface area (Å²) in [5.74, 6) is -1.99. The Hall–Kier alpha value is -2.98. The maximum Gasteiger partial charge on any atom is 0.339 e. The quantitative estimate of drug-likeness (QED) is 0.626. The van der Waals surface area contributed by atoms with Gasteiger partial charge in [0.25, 0.3) is 0 Å². The van der Waals surface area contributed by atoms with Crippen molar-refractivity contribution in [2.75, 3.05) is 43.5 Å². The highest BCUT2D eigenvalue weighted by Gasteiger charge is 2.35. The van der Waals surface area contributed by atoms with Crippen LogP contribution in [0.1, 0.15) is 36.0 Å². The van der Waals surface area contributed by atoms with Crippen molar-refractivity contribution in [3.05, 3.63) is 53.8 Å². The van der Waals surface area contributed by atoms with Gasteiger partial charge in [0.05, 0.1) is 23.3 Å². The SMILES string of the molecule is COC(=O)c1ccccc1S(=O)(=O)N1CCC(C(=O)Nc2c(F)cccc2N2CCCC2)CC1. The molecule has 4 rings (SSSR count). The lowest BCUT2D eigenvalue weighted by Crippen LogP contribution is -2.42. The van der Waals surface area contributed by atoms with Gasteiger partial charge in [-0.3, -0.25) is 4.79 Å². The molecule has 0 unspecified atom stereocenters. The second kappa shape index (κ2) is 10.1. The number of carbonyl (C=O) groups excluding carboxylic acids is 2. The molecule has 0 bridgehead atoms. The van der Waals surface area contributed by atoms with Gasteiger partial charge in [-0.25, -0.2) is 17.6 Å². The summed E-state index contributed by atoms with van der Waals surface area (Å²) in [6.45, 7) is 1.86. The van der Waals surface area contributed by atoms with Crippen molar-refractivity contribution in [3.8, 4) is 0 Å². The third-order valence-electron chi connectivity index (χ3n) is 6.42. The average Bonchev–Trinajstić information content (AvgIpc) is 3.39. The molecule has 8 nitrogen and oxygen atoms in total. The molecule has 2 fully saturated rings. The number of para-hydroxylation sites is 1. The molecule has 182 valence electrons. The normalized spacial score (nSPS) is 17.5. The molecule has 34 heavy (non-hydrogen) atoms. The fraction of sp³-hybridized carbons (Fsp3) is 0.417. The zero-order chi connectivity index (χ0) is 24.3. The number of methoxy groups -OCH3 is 1. The Balaban J connectivity index is 1.45. The van der Waals surface area contributed by atoms with E-state index < -0.39 is 27.7 Å². The van der Waals surface area contributed by atoms with Gasteiger partial charge in [-0.15, -0.1) is 0 Å². The Morgan fingerprint density at radius 2 is 1.68 bits per heavy atom. The van der Waals surface area contributed by atoms with Gasteiger partial charge >= 0.3 is 5.97 Å². The van der Waals surface area contributed by atoms with Crippen LogP contribution in [-0.2, 0) is 19.6 Å². The summed E-state index contributed by atoms with van der Waals surface area (Å²) in [5, 5.41) is 2.76. The molecular weight excluding hydrogens is 461 g/mol. The summed E-state index contributed by atoms with van der Waals surface area (Å²) in [7, 11) is -2.75. The first-order valence-electron chi connectivity index (χ1n) is 11.3. The molecule has 0 radical (unpaired) electrons. The molecule has 2 heterocycles. The standard InChI is InChI=1S/C24H28FN3O5S/c1-33-24(30)18-7-2-3-10-21(18)34(31,32)28-15-11-17(12-16-28)23(29)26-22-19(25)8-6-9-20(22)27-13-4-5-14-27/h2-3,6-10,17H,4-5,11-16H2,1H3,(H,26,29). The van der Waals surface area contributed by atoms with E-state index in [9.17, 15) is 22.4 Å². The number of nitrogens with zero attached hydrogens (tertiary/aromatic N) is 2. The largest absolute Gasteiger partial charge is 0.465 e. The van der Waals surface area contributed by atoms with Gasteiger partial charge in [0.2, 0.25) is 15.9 Å². The van der Waals surface area contributed by atoms with E-state index >= 15 is 0 Å². The highest BCUT2D eigenvalue weighted by molar-refractivity contribution is 7.89. The van der Waals surface area contributed by atoms with Gasteiger partial charge in [-0.1, -0.05) is 18.2 Å². The van der Waals surface area contributed by atoms with Crippen LogP contribution >= 0.6 is 0 Å². The molecule has 2 aliphatic rings. The summed E-state index contributed by atoms with van der Waals surface area (Å²) in [5.41, 5.74) is 0.820. The van der Waals surface area contributed by atoms with Crippen molar-refractivity contribution in [3.63, 3.8) is 0 Å². The fourth-order valence-corrected chi connectivity index (χ4v) is 6.20. The van der Waals surface area contributed by atoms with E-state index in [1.165, 1.54) is 29.6 Å². The van der Waals surface area contributed by atoms with Gasteiger partial charge in [-0.05, 0) is 49.9 Å². The summed E-state index contributed by atoms with van der Waals surface area (Å²) in [6, 6.07) is 10.7. The van der Waals surface area contributed by atoms with Gasteiger partial charge < -0.3 is 15.0 Å². The Bertz CT molecular complexity index is 1170. The molecule has 1 amide bonds. The Morgan fingerprint density at radius 1 is 1.00 bits per heavy atom. The second-order valence-electron chi connectivity index (χ2n) is 8.48. The number of hydrogen-bond donors (Lipinski definition) is 1. The minimum absolute atomic E-state index is 0.0288.